The zero-order valence-corrected chi connectivity index (χ0v) is 12.1. The van der Waals surface area contributed by atoms with Gasteiger partial charge in [-0.1, -0.05) is 48.5 Å². The second-order valence-corrected chi connectivity index (χ2v) is 5.11. The molecular weight excluding hydrogens is 276 g/mol. The minimum Gasteiger partial charge on any atom is -0.274 e. The van der Waals surface area contributed by atoms with Gasteiger partial charge >= 0.3 is 0 Å². The summed E-state index contributed by atoms with van der Waals surface area (Å²) in [5.41, 5.74) is 1.47. The lowest BCUT2D eigenvalue weighted by molar-refractivity contribution is -0.142. The highest BCUT2D eigenvalue weighted by molar-refractivity contribution is 6.19. The van der Waals surface area contributed by atoms with Crippen LogP contribution in [0.4, 0.5) is 5.69 Å². The molecule has 0 radical (unpaired) electrons. The molecule has 2 aromatic rings. The second kappa shape index (κ2) is 6.35. The highest BCUT2D eigenvalue weighted by Gasteiger charge is 2.30. The molecule has 110 valence electrons. The SMILES string of the molecule is O=C1CCCC(=O)N1C(=Nc1ccccc1)c1ccccc1. The number of nitrogens with zero attached hydrogens (tertiary/aromatic N) is 2. The minimum atomic E-state index is -0.185. The van der Waals surface area contributed by atoms with Crippen molar-refractivity contribution in [2.75, 3.05) is 0 Å². The van der Waals surface area contributed by atoms with Crippen LogP contribution in [0.25, 0.3) is 0 Å². The second-order valence-electron chi connectivity index (χ2n) is 5.11. The molecule has 4 heteroatoms. The summed E-state index contributed by atoms with van der Waals surface area (Å²) < 4.78 is 0. The number of amides is 2. The van der Waals surface area contributed by atoms with Crippen LogP contribution in [0, 0.1) is 0 Å². The number of hydrogen-bond acceptors (Lipinski definition) is 3. The Morgan fingerprint density at radius 1 is 0.818 bits per heavy atom. The van der Waals surface area contributed by atoms with Crippen LogP contribution in [0.3, 0.4) is 0 Å². The van der Waals surface area contributed by atoms with Gasteiger partial charge in [-0.05, 0) is 18.6 Å². The molecule has 0 aliphatic carbocycles. The summed E-state index contributed by atoms with van der Waals surface area (Å²) in [6, 6.07) is 18.7. The van der Waals surface area contributed by atoms with Crippen molar-refractivity contribution in [3.8, 4) is 0 Å². The molecular formula is C18H16N2O2. The first kappa shape index (κ1) is 14.2. The number of carbonyl (C=O) groups is 2. The van der Waals surface area contributed by atoms with Gasteiger partial charge in [-0.2, -0.15) is 0 Å². The topological polar surface area (TPSA) is 49.7 Å². The fourth-order valence-corrected chi connectivity index (χ4v) is 2.45. The van der Waals surface area contributed by atoms with E-state index in [-0.39, 0.29) is 11.8 Å². The smallest absolute Gasteiger partial charge is 0.235 e. The summed E-state index contributed by atoms with van der Waals surface area (Å²) in [5, 5.41) is 0. The van der Waals surface area contributed by atoms with Crippen molar-refractivity contribution >= 4 is 23.3 Å². The fraction of sp³-hybridized carbons (Fsp3) is 0.167. The molecule has 0 N–H and O–H groups in total. The van der Waals surface area contributed by atoms with Crippen molar-refractivity contribution in [1.82, 2.24) is 4.90 Å². The third-order valence-corrected chi connectivity index (χ3v) is 3.52. The first-order chi connectivity index (χ1) is 10.8. The van der Waals surface area contributed by atoms with Crippen LogP contribution in [-0.4, -0.2) is 22.5 Å². The number of piperidine rings is 1. The molecule has 3 rings (SSSR count). The predicted octanol–water partition coefficient (Wildman–Crippen LogP) is 3.30. The Morgan fingerprint density at radius 3 is 1.95 bits per heavy atom. The third-order valence-electron chi connectivity index (χ3n) is 3.52. The number of para-hydroxylation sites is 1. The standard InChI is InChI=1S/C18H16N2O2/c21-16-12-7-13-17(22)20(16)18(14-8-3-1-4-9-14)19-15-10-5-2-6-11-15/h1-6,8-11H,7,12-13H2. The number of imide groups is 1. The molecule has 2 amide bonds. The number of benzene rings is 2. The highest BCUT2D eigenvalue weighted by Crippen LogP contribution is 2.20. The first-order valence-electron chi connectivity index (χ1n) is 7.30. The number of amidine groups is 1. The van der Waals surface area contributed by atoms with Gasteiger partial charge in [0, 0.05) is 18.4 Å². The predicted molar refractivity (Wildman–Crippen MR) is 84.8 cm³/mol. The van der Waals surface area contributed by atoms with E-state index in [1.165, 1.54) is 4.90 Å². The van der Waals surface area contributed by atoms with E-state index >= 15 is 0 Å². The molecule has 0 aromatic heterocycles. The van der Waals surface area contributed by atoms with Gasteiger partial charge in [0.25, 0.3) is 0 Å². The van der Waals surface area contributed by atoms with Crippen molar-refractivity contribution < 1.29 is 9.59 Å². The molecule has 0 saturated carbocycles. The molecule has 4 nitrogen and oxygen atoms in total. The number of rotatable bonds is 2. The molecule has 0 bridgehead atoms. The lowest BCUT2D eigenvalue weighted by Gasteiger charge is -2.26. The van der Waals surface area contributed by atoms with E-state index in [2.05, 4.69) is 4.99 Å². The van der Waals surface area contributed by atoms with Gasteiger partial charge in [-0.15, -0.1) is 0 Å². The Bertz CT molecular complexity index is 692. The normalized spacial score (nSPS) is 16.0. The molecule has 2 aromatic carbocycles. The van der Waals surface area contributed by atoms with Crippen LogP contribution in [0.2, 0.25) is 0 Å². The summed E-state index contributed by atoms with van der Waals surface area (Å²) in [7, 11) is 0. The third kappa shape index (κ3) is 2.96. The van der Waals surface area contributed by atoms with Crippen LogP contribution in [0.1, 0.15) is 24.8 Å². The highest BCUT2D eigenvalue weighted by atomic mass is 16.2. The maximum absolute atomic E-state index is 12.2. The molecule has 0 atom stereocenters. The molecule has 1 fully saturated rings. The fourth-order valence-electron chi connectivity index (χ4n) is 2.45. The Kier molecular flexibility index (Phi) is 4.10. The number of aliphatic imine (C=N–C) groups is 1. The summed E-state index contributed by atoms with van der Waals surface area (Å²) >= 11 is 0. The van der Waals surface area contributed by atoms with E-state index < -0.39 is 0 Å². The largest absolute Gasteiger partial charge is 0.274 e. The minimum absolute atomic E-state index is 0.185. The van der Waals surface area contributed by atoms with Crippen molar-refractivity contribution in [3.05, 3.63) is 66.2 Å². The Morgan fingerprint density at radius 2 is 1.36 bits per heavy atom. The average Bonchev–Trinajstić information content (AvgIpc) is 2.55. The molecule has 1 saturated heterocycles. The van der Waals surface area contributed by atoms with Crippen LogP contribution < -0.4 is 0 Å². The van der Waals surface area contributed by atoms with E-state index in [1.54, 1.807) is 0 Å². The zero-order valence-electron chi connectivity index (χ0n) is 12.1. The van der Waals surface area contributed by atoms with Crippen molar-refractivity contribution in [2.24, 2.45) is 4.99 Å². The summed E-state index contributed by atoms with van der Waals surface area (Å²) in [6.45, 7) is 0. The lowest BCUT2D eigenvalue weighted by Crippen LogP contribution is -2.44. The zero-order chi connectivity index (χ0) is 15.4. The number of likely N-dealkylation sites (tertiary alicyclic amines) is 1. The van der Waals surface area contributed by atoms with E-state index in [9.17, 15) is 9.59 Å². The molecule has 1 aliphatic rings. The van der Waals surface area contributed by atoms with Gasteiger partial charge in [0.2, 0.25) is 11.8 Å². The van der Waals surface area contributed by atoms with E-state index in [1.807, 2.05) is 60.7 Å². The van der Waals surface area contributed by atoms with Gasteiger partial charge in [0.05, 0.1) is 5.69 Å². The maximum Gasteiger partial charge on any atom is 0.235 e. The van der Waals surface area contributed by atoms with E-state index in [4.69, 9.17) is 0 Å². The van der Waals surface area contributed by atoms with Gasteiger partial charge in [-0.3, -0.25) is 9.59 Å². The summed E-state index contributed by atoms with van der Waals surface area (Å²) in [5.74, 6) is 0.0334. The van der Waals surface area contributed by atoms with Gasteiger partial charge in [0.15, 0.2) is 0 Å². The Balaban J connectivity index is 2.09. The van der Waals surface area contributed by atoms with Gasteiger partial charge < -0.3 is 0 Å². The molecule has 1 aliphatic heterocycles. The Hall–Kier alpha value is -2.75. The van der Waals surface area contributed by atoms with Gasteiger partial charge in [-0.25, -0.2) is 9.89 Å². The first-order valence-corrected chi connectivity index (χ1v) is 7.30. The van der Waals surface area contributed by atoms with Crippen LogP contribution in [0.15, 0.2) is 65.7 Å². The van der Waals surface area contributed by atoms with Crippen LogP contribution in [-0.2, 0) is 9.59 Å². The van der Waals surface area contributed by atoms with Crippen molar-refractivity contribution in [2.45, 2.75) is 19.3 Å². The molecule has 1 heterocycles. The Labute approximate surface area is 129 Å². The van der Waals surface area contributed by atoms with Crippen LogP contribution in [0.5, 0.6) is 0 Å². The average molecular weight is 292 g/mol. The lowest BCUT2D eigenvalue weighted by atomic mass is 10.1. The maximum atomic E-state index is 12.2. The van der Waals surface area contributed by atoms with Gasteiger partial charge in [0.1, 0.15) is 5.84 Å². The number of hydrogen-bond donors (Lipinski definition) is 0. The van der Waals surface area contributed by atoms with Crippen LogP contribution >= 0.6 is 0 Å². The summed E-state index contributed by atoms with van der Waals surface area (Å²) in [6.07, 6.45) is 1.38. The van der Waals surface area contributed by atoms with Crippen molar-refractivity contribution in [3.63, 3.8) is 0 Å². The number of carbonyl (C=O) groups excluding carboxylic acids is 2. The van der Waals surface area contributed by atoms with E-state index in [0.29, 0.717) is 30.8 Å². The molecule has 0 unspecified atom stereocenters. The van der Waals surface area contributed by atoms with E-state index in [0.717, 1.165) is 5.56 Å². The van der Waals surface area contributed by atoms with Crippen molar-refractivity contribution in [1.29, 1.82) is 0 Å². The quantitative estimate of drug-likeness (QED) is 0.484. The monoisotopic (exact) mass is 292 g/mol. The molecule has 22 heavy (non-hydrogen) atoms. The molecule has 0 spiro atoms. The summed E-state index contributed by atoms with van der Waals surface area (Å²) in [4.78, 5) is 30.3.